The number of likely N-dealkylation sites (tertiary alicyclic amines) is 1. The van der Waals surface area contributed by atoms with Gasteiger partial charge in [0.1, 0.15) is 5.54 Å². The average molecular weight is 403 g/mol. The number of nitrogens with zero attached hydrogens (tertiary/aromatic N) is 1. The first-order valence-corrected chi connectivity index (χ1v) is 9.68. The molecule has 3 fully saturated rings. The normalized spacial score (nSPS) is 39.4. The third kappa shape index (κ3) is 1.74. The van der Waals surface area contributed by atoms with Crippen molar-refractivity contribution < 1.29 is 33.3 Å². The van der Waals surface area contributed by atoms with Gasteiger partial charge in [0.25, 0.3) is 0 Å². The number of carbonyl (C=O) groups is 2. The predicted molar refractivity (Wildman–Crippen MR) is 99.9 cm³/mol. The van der Waals surface area contributed by atoms with Gasteiger partial charge in [-0.2, -0.15) is 0 Å². The van der Waals surface area contributed by atoms with Gasteiger partial charge < -0.3 is 28.6 Å². The number of rotatable bonds is 4. The summed E-state index contributed by atoms with van der Waals surface area (Å²) in [5, 5.41) is 0. The number of hydrogen-bond donors (Lipinski definition) is 0. The van der Waals surface area contributed by atoms with Crippen LogP contribution in [0.25, 0.3) is 0 Å². The van der Waals surface area contributed by atoms with E-state index in [0.717, 1.165) is 11.1 Å². The zero-order valence-electron chi connectivity index (χ0n) is 17.2. The molecule has 2 heterocycles. The second kappa shape index (κ2) is 5.71. The molecule has 156 valence electrons. The van der Waals surface area contributed by atoms with Crippen LogP contribution in [0, 0.1) is 0 Å². The Hall–Kier alpha value is -2.16. The third-order valence-corrected chi connectivity index (χ3v) is 7.62. The van der Waals surface area contributed by atoms with Gasteiger partial charge in [0.15, 0.2) is 23.4 Å². The van der Waals surface area contributed by atoms with Crippen LogP contribution in [0.4, 0.5) is 0 Å². The van der Waals surface area contributed by atoms with Gasteiger partial charge in [-0.3, -0.25) is 9.59 Å². The molecule has 0 aromatic heterocycles. The summed E-state index contributed by atoms with van der Waals surface area (Å²) in [6, 6.07) is 3.78. The minimum Gasteiger partial charge on any atom is -0.493 e. The van der Waals surface area contributed by atoms with Crippen LogP contribution in [0.1, 0.15) is 36.5 Å². The van der Waals surface area contributed by atoms with Crippen molar-refractivity contribution in [3.05, 3.63) is 23.3 Å². The molecule has 5 rings (SSSR count). The van der Waals surface area contributed by atoms with Crippen molar-refractivity contribution in [2.75, 3.05) is 35.5 Å². The van der Waals surface area contributed by atoms with Crippen LogP contribution >= 0.6 is 0 Å². The molecule has 5 atom stereocenters. The third-order valence-electron chi connectivity index (χ3n) is 7.62. The van der Waals surface area contributed by atoms with Gasteiger partial charge in [0.05, 0.1) is 20.3 Å². The molecule has 2 saturated heterocycles. The van der Waals surface area contributed by atoms with Crippen molar-refractivity contribution in [2.24, 2.45) is 0 Å². The van der Waals surface area contributed by atoms with E-state index in [0.29, 0.717) is 17.9 Å². The van der Waals surface area contributed by atoms with Gasteiger partial charge in [-0.25, -0.2) is 0 Å². The topological polar surface area (TPSA) is 83.5 Å². The fourth-order valence-electron chi connectivity index (χ4n) is 6.68. The molecule has 1 spiro atoms. The SMILES string of the molecule is COc1ccc2c(c1OC)C13CC(=O)C(OC)C4(OC)OC2CC14N(C)C(=O)C3. The standard InChI is InChI=1S/C21H25NO7/c1-22-15(24)10-19-8-12(23)18(27-4)21(28-5)20(19,22)9-14(29-21)11-6-7-13(25-2)17(26-3)16(11)19/h6-7,14,18H,8-10H2,1-5H3. The van der Waals surface area contributed by atoms with Crippen LogP contribution in [-0.2, 0) is 29.2 Å². The number of ketones is 1. The molecule has 1 aromatic carbocycles. The number of likely N-dealkylation sites (N-methyl/N-ethyl adjacent to an activating group) is 1. The fraction of sp³-hybridized carbons (Fsp3) is 0.619. The summed E-state index contributed by atoms with van der Waals surface area (Å²) in [5.74, 6) is -0.505. The van der Waals surface area contributed by atoms with E-state index in [9.17, 15) is 9.59 Å². The molecular weight excluding hydrogens is 378 g/mol. The average Bonchev–Trinajstić information content (AvgIpc) is 3.17. The number of hydrogen-bond acceptors (Lipinski definition) is 7. The monoisotopic (exact) mass is 403 g/mol. The maximum absolute atomic E-state index is 13.3. The van der Waals surface area contributed by atoms with Gasteiger partial charge in [-0.05, 0) is 11.6 Å². The van der Waals surface area contributed by atoms with Gasteiger partial charge in [0.2, 0.25) is 11.7 Å². The zero-order chi connectivity index (χ0) is 20.8. The van der Waals surface area contributed by atoms with Crippen molar-refractivity contribution in [1.29, 1.82) is 0 Å². The maximum Gasteiger partial charge on any atom is 0.227 e. The molecule has 4 aliphatic rings. The number of fused-ring (bicyclic) bond motifs is 3. The summed E-state index contributed by atoms with van der Waals surface area (Å²) >= 11 is 0. The fourth-order valence-corrected chi connectivity index (χ4v) is 6.68. The van der Waals surface area contributed by atoms with Gasteiger partial charge in [-0.1, -0.05) is 6.07 Å². The summed E-state index contributed by atoms with van der Waals surface area (Å²) in [6.45, 7) is 0. The first kappa shape index (κ1) is 18.8. The molecule has 8 nitrogen and oxygen atoms in total. The van der Waals surface area contributed by atoms with Crippen molar-refractivity contribution in [2.45, 2.75) is 48.2 Å². The highest BCUT2D eigenvalue weighted by atomic mass is 16.7. The Morgan fingerprint density at radius 1 is 1.10 bits per heavy atom. The van der Waals surface area contributed by atoms with E-state index in [1.165, 1.54) is 14.2 Å². The van der Waals surface area contributed by atoms with E-state index < -0.39 is 22.8 Å². The van der Waals surface area contributed by atoms with Crippen molar-refractivity contribution in [3.8, 4) is 11.5 Å². The highest BCUT2D eigenvalue weighted by molar-refractivity contribution is 5.95. The summed E-state index contributed by atoms with van der Waals surface area (Å²) in [6.07, 6.45) is -0.461. The zero-order valence-corrected chi connectivity index (χ0v) is 17.2. The molecular formula is C21H25NO7. The molecule has 2 bridgehead atoms. The van der Waals surface area contributed by atoms with Crippen LogP contribution < -0.4 is 9.47 Å². The lowest BCUT2D eigenvalue weighted by atomic mass is 9.50. The number of Topliss-reactive ketones (excluding diaryl/α,β-unsaturated/α-hetero) is 1. The highest BCUT2D eigenvalue weighted by Crippen LogP contribution is 2.72. The summed E-state index contributed by atoms with van der Waals surface area (Å²) < 4.78 is 29.5. The quantitative estimate of drug-likeness (QED) is 0.750. The first-order chi connectivity index (χ1) is 13.9. The molecule has 2 aliphatic carbocycles. The van der Waals surface area contributed by atoms with E-state index in [1.807, 2.05) is 12.1 Å². The van der Waals surface area contributed by atoms with Crippen LogP contribution in [-0.4, -0.2) is 69.5 Å². The van der Waals surface area contributed by atoms with E-state index in [4.69, 9.17) is 23.7 Å². The Bertz CT molecular complexity index is 932. The van der Waals surface area contributed by atoms with Gasteiger partial charge in [0, 0.05) is 51.5 Å². The minimum atomic E-state index is -1.40. The molecule has 1 saturated carbocycles. The predicted octanol–water partition coefficient (Wildman–Crippen LogP) is 1.35. The highest BCUT2D eigenvalue weighted by Gasteiger charge is 2.84. The van der Waals surface area contributed by atoms with Crippen molar-refractivity contribution >= 4 is 11.7 Å². The molecule has 8 heteroatoms. The lowest BCUT2D eigenvalue weighted by Crippen LogP contribution is -2.77. The number of amides is 1. The minimum absolute atomic E-state index is 0.0575. The van der Waals surface area contributed by atoms with Crippen LogP contribution in [0.15, 0.2) is 12.1 Å². The number of methoxy groups -OCH3 is 4. The van der Waals surface area contributed by atoms with Crippen LogP contribution in [0.5, 0.6) is 11.5 Å². The Kier molecular flexibility index (Phi) is 3.71. The second-order valence-electron chi connectivity index (χ2n) is 8.28. The maximum atomic E-state index is 13.3. The van der Waals surface area contributed by atoms with Crippen LogP contribution in [0.2, 0.25) is 0 Å². The lowest BCUT2D eigenvalue weighted by Gasteiger charge is -2.58. The number of ether oxygens (including phenoxy) is 5. The molecule has 1 aromatic rings. The Balaban J connectivity index is 1.92. The van der Waals surface area contributed by atoms with Gasteiger partial charge in [-0.15, -0.1) is 0 Å². The second-order valence-corrected chi connectivity index (χ2v) is 8.28. The Morgan fingerprint density at radius 3 is 2.48 bits per heavy atom. The first-order valence-electron chi connectivity index (χ1n) is 9.68. The summed E-state index contributed by atoms with van der Waals surface area (Å²) in [7, 11) is 7.91. The van der Waals surface area contributed by atoms with Crippen molar-refractivity contribution in [1.82, 2.24) is 4.90 Å². The Labute approximate surface area is 169 Å². The van der Waals surface area contributed by atoms with Crippen LogP contribution in [0.3, 0.4) is 0 Å². The molecule has 2 aliphatic heterocycles. The molecule has 0 N–H and O–H groups in total. The van der Waals surface area contributed by atoms with E-state index in [2.05, 4.69) is 0 Å². The Morgan fingerprint density at radius 2 is 1.86 bits per heavy atom. The summed E-state index contributed by atoms with van der Waals surface area (Å²) in [4.78, 5) is 28.2. The van der Waals surface area contributed by atoms with Gasteiger partial charge >= 0.3 is 0 Å². The van der Waals surface area contributed by atoms with E-state index in [1.54, 1.807) is 26.2 Å². The van der Waals surface area contributed by atoms with E-state index in [-0.39, 0.29) is 30.6 Å². The molecule has 5 unspecified atom stereocenters. The smallest absolute Gasteiger partial charge is 0.227 e. The molecule has 1 amide bonds. The molecule has 0 radical (unpaired) electrons. The lowest BCUT2D eigenvalue weighted by molar-refractivity contribution is -0.308. The summed E-state index contributed by atoms with van der Waals surface area (Å²) in [5.41, 5.74) is -0.0269. The largest absolute Gasteiger partial charge is 0.493 e. The van der Waals surface area contributed by atoms with Crippen molar-refractivity contribution in [3.63, 3.8) is 0 Å². The number of benzene rings is 1. The van der Waals surface area contributed by atoms with E-state index >= 15 is 0 Å². The number of carbonyl (C=O) groups excluding carboxylic acids is 2. The molecule has 29 heavy (non-hydrogen) atoms.